The highest BCUT2D eigenvalue weighted by atomic mass is 32.2. The molecule has 6 nitrogen and oxygen atoms in total. The molecule has 0 atom stereocenters. The predicted molar refractivity (Wildman–Crippen MR) is 107 cm³/mol. The summed E-state index contributed by atoms with van der Waals surface area (Å²) in [5.74, 6) is -0.669. The fourth-order valence-electron chi connectivity index (χ4n) is 2.86. The molecule has 0 amide bonds. The van der Waals surface area contributed by atoms with Gasteiger partial charge in [0, 0.05) is 13.1 Å². The Hall–Kier alpha value is -3.16. The van der Waals surface area contributed by atoms with Crippen molar-refractivity contribution in [2.75, 3.05) is 7.11 Å². The standard InChI is InChI=1S/C22H21NO5S/c1-28-20-11-7-18(8-12-20)16-23(15-17-5-3-2-4-6-17)29(26,27)21-13-9-19(10-14-21)22(24)25/h2-14H,15-16H2,1H3,(H,24,25)/p-1. The molecule has 0 heterocycles. The summed E-state index contributed by atoms with van der Waals surface area (Å²) in [7, 11) is -2.30. The number of hydrogen-bond donors (Lipinski definition) is 0. The zero-order valence-corrected chi connectivity index (χ0v) is 16.6. The molecule has 3 rings (SSSR count). The van der Waals surface area contributed by atoms with E-state index in [1.165, 1.54) is 28.6 Å². The summed E-state index contributed by atoms with van der Waals surface area (Å²) in [5, 5.41) is 10.9. The number of carbonyl (C=O) groups is 1. The summed E-state index contributed by atoms with van der Waals surface area (Å²) in [6.45, 7) is 0.334. The third kappa shape index (κ3) is 5.01. The molecule has 29 heavy (non-hydrogen) atoms. The Morgan fingerprint density at radius 2 is 1.41 bits per heavy atom. The molecule has 0 aliphatic carbocycles. The van der Waals surface area contributed by atoms with Gasteiger partial charge >= 0.3 is 0 Å². The van der Waals surface area contributed by atoms with Gasteiger partial charge in [-0.15, -0.1) is 0 Å². The van der Waals surface area contributed by atoms with Gasteiger partial charge in [0.2, 0.25) is 10.0 Å². The van der Waals surface area contributed by atoms with Crippen molar-refractivity contribution >= 4 is 16.0 Å². The summed E-state index contributed by atoms with van der Waals surface area (Å²) in [5.41, 5.74) is 1.57. The Labute approximate surface area is 170 Å². The van der Waals surface area contributed by atoms with E-state index in [1.54, 1.807) is 19.2 Å². The molecule has 0 radical (unpaired) electrons. The van der Waals surface area contributed by atoms with Crippen LogP contribution in [0.3, 0.4) is 0 Å². The minimum atomic E-state index is -3.87. The normalized spacial score (nSPS) is 11.4. The Bertz CT molecular complexity index is 1060. The number of ether oxygens (including phenoxy) is 1. The molecule has 0 bridgehead atoms. The van der Waals surface area contributed by atoms with Gasteiger partial charge in [0.05, 0.1) is 18.0 Å². The summed E-state index contributed by atoms with van der Waals surface area (Å²) in [4.78, 5) is 11.0. The minimum Gasteiger partial charge on any atom is -0.545 e. The number of methoxy groups -OCH3 is 1. The number of sulfonamides is 1. The van der Waals surface area contributed by atoms with E-state index < -0.39 is 16.0 Å². The van der Waals surface area contributed by atoms with Crippen molar-refractivity contribution in [2.45, 2.75) is 18.0 Å². The van der Waals surface area contributed by atoms with Gasteiger partial charge in [-0.05, 0) is 41.0 Å². The lowest BCUT2D eigenvalue weighted by Crippen LogP contribution is -2.30. The van der Waals surface area contributed by atoms with Crippen molar-refractivity contribution in [2.24, 2.45) is 0 Å². The van der Waals surface area contributed by atoms with E-state index in [-0.39, 0.29) is 23.5 Å². The Balaban J connectivity index is 1.94. The van der Waals surface area contributed by atoms with Crippen molar-refractivity contribution < 1.29 is 23.1 Å². The maximum absolute atomic E-state index is 13.3. The molecule has 0 N–H and O–H groups in total. The molecule has 0 unspecified atom stereocenters. The third-order valence-corrected chi connectivity index (χ3v) is 6.25. The average Bonchev–Trinajstić information content (AvgIpc) is 2.74. The van der Waals surface area contributed by atoms with Crippen LogP contribution in [0.15, 0.2) is 83.8 Å². The van der Waals surface area contributed by atoms with Gasteiger partial charge in [-0.25, -0.2) is 8.42 Å². The smallest absolute Gasteiger partial charge is 0.243 e. The van der Waals surface area contributed by atoms with E-state index in [0.717, 1.165) is 11.1 Å². The first kappa shape index (κ1) is 20.6. The molecule has 0 aromatic heterocycles. The van der Waals surface area contributed by atoms with Crippen LogP contribution >= 0.6 is 0 Å². The molecule has 3 aromatic rings. The van der Waals surface area contributed by atoms with Gasteiger partial charge < -0.3 is 14.6 Å². The van der Waals surface area contributed by atoms with Crippen LogP contribution in [0.1, 0.15) is 21.5 Å². The minimum absolute atomic E-state index is 0.0203. The molecule has 7 heteroatoms. The SMILES string of the molecule is COc1ccc(CN(Cc2ccccc2)S(=O)(=O)c2ccc(C(=O)[O-])cc2)cc1. The fraction of sp³-hybridized carbons (Fsp3) is 0.136. The number of carboxylic acid groups (broad SMARTS) is 1. The summed E-state index contributed by atoms with van der Waals surface area (Å²) < 4.78 is 33.1. The van der Waals surface area contributed by atoms with Gasteiger partial charge in [-0.1, -0.05) is 54.6 Å². The number of rotatable bonds is 8. The molecule has 150 valence electrons. The lowest BCUT2D eigenvalue weighted by molar-refractivity contribution is -0.255. The predicted octanol–water partition coefficient (Wildman–Crippen LogP) is 2.45. The third-order valence-electron chi connectivity index (χ3n) is 4.45. The number of nitrogens with zero attached hydrogens (tertiary/aromatic N) is 1. The van der Waals surface area contributed by atoms with Crippen LogP contribution < -0.4 is 9.84 Å². The van der Waals surface area contributed by atoms with E-state index in [1.807, 2.05) is 42.5 Å². The zero-order chi connectivity index (χ0) is 20.9. The highest BCUT2D eigenvalue weighted by molar-refractivity contribution is 7.89. The van der Waals surface area contributed by atoms with E-state index in [9.17, 15) is 18.3 Å². The number of carbonyl (C=O) groups excluding carboxylic acids is 1. The Morgan fingerprint density at radius 1 is 0.862 bits per heavy atom. The maximum atomic E-state index is 13.3. The first-order chi connectivity index (χ1) is 13.9. The molecule has 0 fully saturated rings. The van der Waals surface area contributed by atoms with Gasteiger partial charge in [0.1, 0.15) is 5.75 Å². The van der Waals surface area contributed by atoms with Crippen molar-refractivity contribution in [1.82, 2.24) is 4.31 Å². The van der Waals surface area contributed by atoms with E-state index in [4.69, 9.17) is 4.74 Å². The number of benzene rings is 3. The quantitative estimate of drug-likeness (QED) is 0.569. The Morgan fingerprint density at radius 3 is 1.93 bits per heavy atom. The molecular weight excluding hydrogens is 390 g/mol. The Kier molecular flexibility index (Phi) is 6.31. The first-order valence-electron chi connectivity index (χ1n) is 8.88. The summed E-state index contributed by atoms with van der Waals surface area (Å²) in [6.07, 6.45) is 0. The lowest BCUT2D eigenvalue weighted by Gasteiger charge is -2.23. The molecule has 0 saturated carbocycles. The fourth-order valence-corrected chi connectivity index (χ4v) is 4.28. The van der Waals surface area contributed by atoms with Gasteiger partial charge in [0.15, 0.2) is 0 Å². The zero-order valence-electron chi connectivity index (χ0n) is 15.8. The van der Waals surface area contributed by atoms with Gasteiger partial charge in [-0.3, -0.25) is 0 Å². The van der Waals surface area contributed by atoms with Crippen LogP contribution in [0.25, 0.3) is 0 Å². The van der Waals surface area contributed by atoms with E-state index >= 15 is 0 Å². The lowest BCUT2D eigenvalue weighted by atomic mass is 10.2. The van der Waals surface area contributed by atoms with E-state index in [2.05, 4.69) is 0 Å². The van der Waals surface area contributed by atoms with Crippen LogP contribution in [0.4, 0.5) is 0 Å². The molecular formula is C22H20NO5S-. The number of hydrogen-bond acceptors (Lipinski definition) is 5. The molecule has 0 saturated heterocycles. The second-order valence-corrected chi connectivity index (χ2v) is 8.36. The highest BCUT2D eigenvalue weighted by Gasteiger charge is 2.25. The highest BCUT2D eigenvalue weighted by Crippen LogP contribution is 2.22. The first-order valence-corrected chi connectivity index (χ1v) is 10.3. The molecule has 0 aliphatic rings. The van der Waals surface area contributed by atoms with Crippen molar-refractivity contribution in [1.29, 1.82) is 0 Å². The van der Waals surface area contributed by atoms with Crippen molar-refractivity contribution in [3.63, 3.8) is 0 Å². The van der Waals surface area contributed by atoms with Crippen LogP contribution in [0.5, 0.6) is 5.75 Å². The number of carboxylic acids is 1. The van der Waals surface area contributed by atoms with Crippen molar-refractivity contribution in [3.05, 3.63) is 95.6 Å². The van der Waals surface area contributed by atoms with Crippen molar-refractivity contribution in [3.8, 4) is 5.75 Å². The van der Waals surface area contributed by atoms with E-state index in [0.29, 0.717) is 5.75 Å². The summed E-state index contributed by atoms with van der Waals surface area (Å²) >= 11 is 0. The van der Waals surface area contributed by atoms with Crippen LogP contribution in [-0.2, 0) is 23.1 Å². The van der Waals surface area contributed by atoms with Crippen LogP contribution in [0.2, 0.25) is 0 Å². The average molecular weight is 410 g/mol. The second kappa shape index (κ2) is 8.89. The molecule has 0 aliphatic heterocycles. The molecule has 0 spiro atoms. The molecule has 3 aromatic carbocycles. The topological polar surface area (TPSA) is 86.7 Å². The number of aromatic carboxylic acids is 1. The monoisotopic (exact) mass is 410 g/mol. The van der Waals surface area contributed by atoms with Gasteiger partial charge in [-0.2, -0.15) is 4.31 Å². The van der Waals surface area contributed by atoms with Crippen LogP contribution in [0, 0.1) is 0 Å². The maximum Gasteiger partial charge on any atom is 0.243 e. The van der Waals surface area contributed by atoms with Crippen LogP contribution in [-0.4, -0.2) is 25.8 Å². The largest absolute Gasteiger partial charge is 0.545 e. The second-order valence-electron chi connectivity index (χ2n) is 6.42. The van der Waals surface area contributed by atoms with Gasteiger partial charge in [0.25, 0.3) is 0 Å². The summed E-state index contributed by atoms with van der Waals surface area (Å²) in [6, 6.07) is 21.5.